The Labute approximate surface area is 189 Å². The van der Waals surface area contributed by atoms with Gasteiger partial charge >= 0.3 is 0 Å². The van der Waals surface area contributed by atoms with Crippen LogP contribution in [0.4, 0.5) is 0 Å². The van der Waals surface area contributed by atoms with Gasteiger partial charge in [-0.25, -0.2) is 0 Å². The number of ether oxygens (including phenoxy) is 3. The second kappa shape index (κ2) is 12.3. The molecule has 0 fully saturated rings. The number of hydrogen-bond donors (Lipinski definition) is 1. The highest BCUT2D eigenvalue weighted by atomic mass is 35.5. The van der Waals surface area contributed by atoms with Crippen molar-refractivity contribution in [3.05, 3.63) is 88.4 Å². The summed E-state index contributed by atoms with van der Waals surface area (Å²) in [5, 5.41) is 3.99. The summed E-state index contributed by atoms with van der Waals surface area (Å²) in [4.78, 5) is 0. The summed E-state index contributed by atoms with van der Waals surface area (Å²) in [6, 6.07) is 21.9. The third-order valence-electron chi connectivity index (χ3n) is 4.61. The van der Waals surface area contributed by atoms with Crippen LogP contribution in [-0.4, -0.2) is 20.8 Å². The zero-order valence-corrected chi connectivity index (χ0v) is 18.8. The zero-order valence-electron chi connectivity index (χ0n) is 17.2. The molecule has 0 spiro atoms. The quantitative estimate of drug-likeness (QED) is 0.405. The third-order valence-corrected chi connectivity index (χ3v) is 4.89. The lowest BCUT2D eigenvalue weighted by Crippen LogP contribution is -2.17. The van der Waals surface area contributed by atoms with Crippen LogP contribution in [0.3, 0.4) is 0 Å². The fourth-order valence-corrected chi connectivity index (χ4v) is 3.40. The van der Waals surface area contributed by atoms with Crippen molar-refractivity contribution in [3.8, 4) is 17.2 Å². The van der Waals surface area contributed by atoms with E-state index in [2.05, 4.69) is 11.4 Å². The zero-order chi connectivity index (χ0) is 20.5. The van der Waals surface area contributed by atoms with Crippen LogP contribution in [0.5, 0.6) is 17.2 Å². The van der Waals surface area contributed by atoms with Crippen molar-refractivity contribution in [3.63, 3.8) is 0 Å². The van der Waals surface area contributed by atoms with E-state index >= 15 is 0 Å². The normalized spacial score (nSPS) is 10.2. The number of halogens is 2. The van der Waals surface area contributed by atoms with Crippen LogP contribution in [-0.2, 0) is 19.6 Å². The molecule has 0 saturated carbocycles. The first-order chi connectivity index (χ1) is 14.2. The number of rotatable bonds is 10. The predicted molar refractivity (Wildman–Crippen MR) is 124 cm³/mol. The summed E-state index contributed by atoms with van der Waals surface area (Å²) >= 11 is 6.48. The summed E-state index contributed by atoms with van der Waals surface area (Å²) in [7, 11) is 3.32. The Balaban J connectivity index is 0.00000320. The fraction of sp³-hybridized carbons (Fsp3) is 0.250. The van der Waals surface area contributed by atoms with Crippen LogP contribution >= 0.6 is 24.0 Å². The van der Waals surface area contributed by atoms with Crippen molar-refractivity contribution in [2.75, 3.05) is 20.8 Å². The first-order valence-electron chi connectivity index (χ1n) is 9.57. The topological polar surface area (TPSA) is 39.7 Å². The lowest BCUT2D eigenvalue weighted by atomic mass is 10.1. The van der Waals surface area contributed by atoms with Gasteiger partial charge in [0.1, 0.15) is 12.4 Å². The minimum atomic E-state index is 0. The van der Waals surface area contributed by atoms with Crippen molar-refractivity contribution in [1.82, 2.24) is 5.32 Å². The molecule has 0 amide bonds. The first kappa shape index (κ1) is 23.9. The minimum Gasteiger partial charge on any atom is -0.496 e. The van der Waals surface area contributed by atoms with Crippen molar-refractivity contribution in [2.24, 2.45) is 0 Å². The Kier molecular flexibility index (Phi) is 9.81. The molecule has 0 saturated heterocycles. The monoisotopic (exact) mass is 447 g/mol. The number of para-hydroxylation sites is 1. The predicted octanol–water partition coefficient (Wildman–Crippen LogP) is 5.69. The van der Waals surface area contributed by atoms with Gasteiger partial charge in [-0.15, -0.1) is 12.4 Å². The standard InChI is InChI=1S/C24H26ClNO3.ClH/c1-27-22-11-7-6-10-20(22)12-13-26-16-19-14-21(25)24(23(15-19)28-2)29-17-18-8-4-3-5-9-18;/h3-11,14-15,26H,12-13,16-17H2,1-2H3;1H. The molecule has 3 rings (SSSR count). The van der Waals surface area contributed by atoms with Crippen molar-refractivity contribution >= 4 is 24.0 Å². The number of methoxy groups -OCH3 is 2. The number of benzene rings is 3. The summed E-state index contributed by atoms with van der Waals surface area (Å²) in [5.74, 6) is 2.12. The van der Waals surface area contributed by atoms with E-state index in [1.165, 1.54) is 5.56 Å². The van der Waals surface area contributed by atoms with E-state index in [4.69, 9.17) is 25.8 Å². The highest BCUT2D eigenvalue weighted by Gasteiger charge is 2.12. The summed E-state index contributed by atoms with van der Waals surface area (Å²) in [6.07, 6.45) is 0.882. The fourth-order valence-electron chi connectivity index (χ4n) is 3.11. The van der Waals surface area contributed by atoms with Crippen molar-refractivity contribution < 1.29 is 14.2 Å². The molecule has 0 aromatic heterocycles. The van der Waals surface area contributed by atoms with E-state index in [1.54, 1.807) is 14.2 Å². The van der Waals surface area contributed by atoms with Crippen molar-refractivity contribution in [2.45, 2.75) is 19.6 Å². The van der Waals surface area contributed by atoms with Crippen LogP contribution in [0.15, 0.2) is 66.7 Å². The van der Waals surface area contributed by atoms with Crippen LogP contribution in [0.2, 0.25) is 5.02 Å². The largest absolute Gasteiger partial charge is 0.496 e. The van der Waals surface area contributed by atoms with E-state index in [0.29, 0.717) is 29.7 Å². The molecule has 0 unspecified atom stereocenters. The second-order valence-electron chi connectivity index (χ2n) is 6.62. The summed E-state index contributed by atoms with van der Waals surface area (Å²) < 4.78 is 16.8. The molecule has 0 aliphatic heterocycles. The van der Waals surface area contributed by atoms with Gasteiger partial charge in [-0.3, -0.25) is 0 Å². The Morgan fingerprint density at radius 3 is 2.27 bits per heavy atom. The smallest absolute Gasteiger partial charge is 0.180 e. The molecule has 160 valence electrons. The van der Waals surface area contributed by atoms with Crippen LogP contribution in [0, 0.1) is 0 Å². The maximum atomic E-state index is 6.48. The molecule has 3 aromatic rings. The molecule has 0 bridgehead atoms. The molecular formula is C24H27Cl2NO3. The van der Waals surface area contributed by atoms with Gasteiger partial charge in [0, 0.05) is 6.54 Å². The van der Waals surface area contributed by atoms with Gasteiger partial charge < -0.3 is 19.5 Å². The van der Waals surface area contributed by atoms with Crippen molar-refractivity contribution in [1.29, 1.82) is 0 Å². The highest BCUT2D eigenvalue weighted by Crippen LogP contribution is 2.37. The van der Waals surface area contributed by atoms with E-state index in [9.17, 15) is 0 Å². The van der Waals surface area contributed by atoms with Gasteiger partial charge in [0.05, 0.1) is 19.2 Å². The number of nitrogens with one attached hydrogen (secondary N) is 1. The second-order valence-corrected chi connectivity index (χ2v) is 7.03. The van der Waals surface area contributed by atoms with Gasteiger partial charge in [-0.1, -0.05) is 60.1 Å². The maximum Gasteiger partial charge on any atom is 0.180 e. The lowest BCUT2D eigenvalue weighted by molar-refractivity contribution is 0.284. The number of hydrogen-bond acceptors (Lipinski definition) is 4. The molecule has 1 N–H and O–H groups in total. The van der Waals surface area contributed by atoms with E-state index in [0.717, 1.165) is 29.8 Å². The first-order valence-corrected chi connectivity index (χ1v) is 9.94. The van der Waals surface area contributed by atoms with Crippen LogP contribution in [0.1, 0.15) is 16.7 Å². The Morgan fingerprint density at radius 1 is 0.833 bits per heavy atom. The Bertz CT molecular complexity index is 920. The summed E-state index contributed by atoms with van der Waals surface area (Å²) in [6.45, 7) is 1.95. The Hall–Kier alpha value is -2.40. The van der Waals surface area contributed by atoms with Gasteiger partial charge in [-0.05, 0) is 47.9 Å². The van der Waals surface area contributed by atoms with Gasteiger partial charge in [0.15, 0.2) is 11.5 Å². The summed E-state index contributed by atoms with van der Waals surface area (Å²) in [5.41, 5.74) is 3.30. The van der Waals surface area contributed by atoms with Gasteiger partial charge in [-0.2, -0.15) is 0 Å². The van der Waals surface area contributed by atoms with Gasteiger partial charge in [0.2, 0.25) is 0 Å². The highest BCUT2D eigenvalue weighted by molar-refractivity contribution is 6.32. The average molecular weight is 448 g/mol. The van der Waals surface area contributed by atoms with E-state index < -0.39 is 0 Å². The molecule has 0 radical (unpaired) electrons. The molecule has 3 aromatic carbocycles. The molecule has 0 atom stereocenters. The van der Waals surface area contributed by atoms with Crippen LogP contribution < -0.4 is 19.5 Å². The molecule has 30 heavy (non-hydrogen) atoms. The lowest BCUT2D eigenvalue weighted by Gasteiger charge is -2.15. The third kappa shape index (κ3) is 6.56. The molecule has 6 heteroatoms. The minimum absolute atomic E-state index is 0. The van der Waals surface area contributed by atoms with E-state index in [1.807, 2.05) is 60.7 Å². The maximum absolute atomic E-state index is 6.48. The molecule has 0 aliphatic carbocycles. The van der Waals surface area contributed by atoms with Crippen LogP contribution in [0.25, 0.3) is 0 Å². The van der Waals surface area contributed by atoms with Gasteiger partial charge in [0.25, 0.3) is 0 Å². The Morgan fingerprint density at radius 2 is 1.53 bits per heavy atom. The molecule has 4 nitrogen and oxygen atoms in total. The average Bonchev–Trinajstić information content (AvgIpc) is 2.76. The molecule has 0 heterocycles. The molecule has 0 aliphatic rings. The molecular weight excluding hydrogens is 421 g/mol. The SMILES string of the molecule is COc1ccccc1CCNCc1cc(Cl)c(OCc2ccccc2)c(OC)c1.Cl. The van der Waals surface area contributed by atoms with E-state index in [-0.39, 0.29) is 12.4 Å².